The number of rotatable bonds is 2. The molecule has 0 aromatic heterocycles. The molecule has 0 unspecified atom stereocenters. The predicted molar refractivity (Wildman–Crippen MR) is 69.3 cm³/mol. The van der Waals surface area contributed by atoms with E-state index in [9.17, 15) is 0 Å². The molecule has 0 bridgehead atoms. The van der Waals surface area contributed by atoms with Crippen LogP contribution in [-0.2, 0) is 0 Å². The average Bonchev–Trinajstić information content (AvgIpc) is 2.32. The van der Waals surface area contributed by atoms with E-state index in [1.54, 1.807) is 0 Å². The fourth-order valence-electron chi connectivity index (χ4n) is 2.10. The van der Waals surface area contributed by atoms with Gasteiger partial charge in [-0.25, -0.2) is 0 Å². The molecule has 1 aromatic carbocycles. The molecular weight excluding hydrogens is 243 g/mol. The van der Waals surface area contributed by atoms with Crippen molar-refractivity contribution in [3.63, 3.8) is 0 Å². The lowest BCUT2D eigenvalue weighted by Crippen LogP contribution is -2.44. The first-order valence-corrected chi connectivity index (χ1v) is 6.34. The summed E-state index contributed by atoms with van der Waals surface area (Å²) in [5.41, 5.74) is 1.12. The molecule has 1 N–H and O–H groups in total. The lowest BCUT2D eigenvalue weighted by Gasteiger charge is -2.33. The fraction of sp³-hybridized carbons (Fsp3) is 0.500. The van der Waals surface area contributed by atoms with Crippen molar-refractivity contribution in [1.29, 1.82) is 0 Å². The highest BCUT2D eigenvalue weighted by atomic mass is 35.5. The molecule has 0 aliphatic carbocycles. The third kappa shape index (κ3) is 2.69. The first-order valence-electron chi connectivity index (χ1n) is 5.58. The predicted octanol–water partition coefficient (Wildman–Crippen LogP) is 2.96. The smallest absolute Gasteiger partial charge is 0.0454 e. The molecule has 1 aliphatic rings. The van der Waals surface area contributed by atoms with Crippen LogP contribution in [0, 0.1) is 0 Å². The number of hydrogen-bond acceptors (Lipinski definition) is 2. The largest absolute Gasteiger partial charge is 0.314 e. The van der Waals surface area contributed by atoms with Gasteiger partial charge in [0.2, 0.25) is 0 Å². The third-order valence-electron chi connectivity index (χ3n) is 3.11. The van der Waals surface area contributed by atoms with Gasteiger partial charge in [0.1, 0.15) is 0 Å². The highest BCUT2D eigenvalue weighted by Crippen LogP contribution is 2.29. The fourth-order valence-corrected chi connectivity index (χ4v) is 2.56. The summed E-state index contributed by atoms with van der Waals surface area (Å²) in [5.74, 6) is 0. The van der Waals surface area contributed by atoms with Gasteiger partial charge in [0.25, 0.3) is 0 Å². The van der Waals surface area contributed by atoms with Crippen LogP contribution >= 0.6 is 23.2 Å². The van der Waals surface area contributed by atoms with Crippen molar-refractivity contribution in [2.45, 2.75) is 13.0 Å². The van der Waals surface area contributed by atoms with Crippen LogP contribution in [0.5, 0.6) is 0 Å². The van der Waals surface area contributed by atoms with Crippen LogP contribution in [0.25, 0.3) is 0 Å². The van der Waals surface area contributed by atoms with Crippen LogP contribution in [-0.4, -0.2) is 31.1 Å². The van der Waals surface area contributed by atoms with Crippen molar-refractivity contribution in [3.05, 3.63) is 33.8 Å². The summed E-state index contributed by atoms with van der Waals surface area (Å²) >= 11 is 12.2. The van der Waals surface area contributed by atoms with E-state index in [0.29, 0.717) is 6.04 Å². The van der Waals surface area contributed by atoms with Crippen LogP contribution in [0.1, 0.15) is 18.5 Å². The molecule has 0 radical (unpaired) electrons. The Balaban J connectivity index is 2.18. The second-order valence-corrected chi connectivity index (χ2v) is 4.97. The van der Waals surface area contributed by atoms with Gasteiger partial charge in [-0.15, -0.1) is 0 Å². The van der Waals surface area contributed by atoms with Gasteiger partial charge in [-0.3, -0.25) is 4.90 Å². The molecule has 2 rings (SSSR count). The number of nitrogens with one attached hydrogen (secondary N) is 1. The summed E-state index contributed by atoms with van der Waals surface area (Å²) in [7, 11) is 0. The molecule has 1 heterocycles. The minimum atomic E-state index is 0.327. The SMILES string of the molecule is C[C@H](c1cc(Cl)ccc1Cl)N1CCNCC1. The van der Waals surface area contributed by atoms with E-state index in [1.807, 2.05) is 18.2 Å². The first kappa shape index (κ1) is 12.2. The van der Waals surface area contributed by atoms with E-state index in [1.165, 1.54) is 0 Å². The van der Waals surface area contributed by atoms with Crippen LogP contribution in [0.2, 0.25) is 10.0 Å². The molecule has 1 aliphatic heterocycles. The molecule has 1 atom stereocenters. The molecule has 1 saturated heterocycles. The maximum Gasteiger partial charge on any atom is 0.0454 e. The molecule has 2 nitrogen and oxygen atoms in total. The molecule has 16 heavy (non-hydrogen) atoms. The Morgan fingerprint density at radius 2 is 1.94 bits per heavy atom. The molecule has 1 fully saturated rings. The number of nitrogens with zero attached hydrogens (tertiary/aromatic N) is 1. The van der Waals surface area contributed by atoms with Crippen molar-refractivity contribution in [2.75, 3.05) is 26.2 Å². The van der Waals surface area contributed by atoms with Gasteiger partial charge >= 0.3 is 0 Å². The number of benzene rings is 1. The molecule has 0 amide bonds. The minimum absolute atomic E-state index is 0.327. The van der Waals surface area contributed by atoms with Crippen molar-refractivity contribution in [3.8, 4) is 0 Å². The summed E-state index contributed by atoms with van der Waals surface area (Å²) < 4.78 is 0. The zero-order valence-corrected chi connectivity index (χ0v) is 10.9. The highest BCUT2D eigenvalue weighted by Gasteiger charge is 2.19. The van der Waals surface area contributed by atoms with Crippen molar-refractivity contribution in [1.82, 2.24) is 10.2 Å². The van der Waals surface area contributed by atoms with Gasteiger partial charge in [-0.2, -0.15) is 0 Å². The lowest BCUT2D eigenvalue weighted by molar-refractivity contribution is 0.185. The normalized spacial score (nSPS) is 19.7. The number of halogens is 2. The van der Waals surface area contributed by atoms with E-state index in [-0.39, 0.29) is 0 Å². The topological polar surface area (TPSA) is 15.3 Å². The van der Waals surface area contributed by atoms with E-state index >= 15 is 0 Å². The van der Waals surface area contributed by atoms with Gasteiger partial charge < -0.3 is 5.32 Å². The maximum absolute atomic E-state index is 6.21. The van der Waals surface area contributed by atoms with Crippen molar-refractivity contribution >= 4 is 23.2 Å². The Labute approximate surface area is 107 Å². The minimum Gasteiger partial charge on any atom is -0.314 e. The Morgan fingerprint density at radius 1 is 1.25 bits per heavy atom. The van der Waals surface area contributed by atoms with Gasteiger partial charge in [0.05, 0.1) is 0 Å². The van der Waals surface area contributed by atoms with Gasteiger partial charge in [-0.1, -0.05) is 23.2 Å². The van der Waals surface area contributed by atoms with E-state index in [0.717, 1.165) is 41.8 Å². The van der Waals surface area contributed by atoms with E-state index in [2.05, 4.69) is 17.1 Å². The van der Waals surface area contributed by atoms with E-state index in [4.69, 9.17) is 23.2 Å². The Morgan fingerprint density at radius 3 is 2.62 bits per heavy atom. The van der Waals surface area contributed by atoms with Crippen molar-refractivity contribution in [2.24, 2.45) is 0 Å². The second-order valence-electron chi connectivity index (χ2n) is 4.13. The van der Waals surface area contributed by atoms with Crippen LogP contribution in [0.3, 0.4) is 0 Å². The Hall–Kier alpha value is -0.280. The molecule has 1 aromatic rings. The van der Waals surface area contributed by atoms with Crippen molar-refractivity contribution < 1.29 is 0 Å². The number of piperazine rings is 1. The lowest BCUT2D eigenvalue weighted by atomic mass is 10.1. The highest BCUT2D eigenvalue weighted by molar-refractivity contribution is 6.33. The molecule has 0 saturated carbocycles. The van der Waals surface area contributed by atoms with Gasteiger partial charge in [-0.05, 0) is 30.7 Å². The number of hydrogen-bond donors (Lipinski definition) is 1. The summed E-state index contributed by atoms with van der Waals surface area (Å²) in [4.78, 5) is 2.42. The van der Waals surface area contributed by atoms with Gasteiger partial charge in [0.15, 0.2) is 0 Å². The average molecular weight is 259 g/mol. The molecule has 0 spiro atoms. The zero-order valence-electron chi connectivity index (χ0n) is 9.34. The van der Waals surface area contributed by atoms with E-state index < -0.39 is 0 Å². The summed E-state index contributed by atoms with van der Waals surface area (Å²) in [6.45, 7) is 6.39. The zero-order chi connectivity index (χ0) is 11.5. The standard InChI is InChI=1S/C12H16Cl2N2/c1-9(16-6-4-15-5-7-16)11-8-10(13)2-3-12(11)14/h2-3,8-9,15H,4-7H2,1H3/t9-/m1/s1. The Bertz CT molecular complexity index is 362. The van der Waals surface area contributed by atoms with Crippen LogP contribution in [0.4, 0.5) is 0 Å². The third-order valence-corrected chi connectivity index (χ3v) is 3.69. The quantitative estimate of drug-likeness (QED) is 0.878. The van der Waals surface area contributed by atoms with Crippen LogP contribution < -0.4 is 5.32 Å². The van der Waals surface area contributed by atoms with Gasteiger partial charge in [0, 0.05) is 42.3 Å². The first-order chi connectivity index (χ1) is 7.68. The summed E-state index contributed by atoms with van der Waals surface area (Å²) in [5, 5.41) is 4.90. The second kappa shape index (κ2) is 5.37. The molecule has 4 heteroatoms. The Kier molecular flexibility index (Phi) is 4.09. The molecule has 88 valence electrons. The maximum atomic E-state index is 6.21. The van der Waals surface area contributed by atoms with Crippen LogP contribution in [0.15, 0.2) is 18.2 Å². The monoisotopic (exact) mass is 258 g/mol. The molecular formula is C12H16Cl2N2. The summed E-state index contributed by atoms with van der Waals surface area (Å²) in [6.07, 6.45) is 0. The summed E-state index contributed by atoms with van der Waals surface area (Å²) in [6, 6.07) is 6.00.